The van der Waals surface area contributed by atoms with Crippen LogP contribution in [0.2, 0.25) is 0 Å². The third-order valence-corrected chi connectivity index (χ3v) is 5.11. The molecule has 0 radical (unpaired) electrons. The Kier molecular flexibility index (Phi) is 6.59. The number of amides is 2. The van der Waals surface area contributed by atoms with Crippen LogP contribution in [0, 0.1) is 0 Å². The van der Waals surface area contributed by atoms with Crippen molar-refractivity contribution in [2.24, 2.45) is 0 Å². The first-order chi connectivity index (χ1) is 16.0. The van der Waals surface area contributed by atoms with Crippen molar-refractivity contribution >= 4 is 29.3 Å². The van der Waals surface area contributed by atoms with Gasteiger partial charge in [0, 0.05) is 17.2 Å². The van der Waals surface area contributed by atoms with Crippen molar-refractivity contribution in [2.45, 2.75) is 18.9 Å². The zero-order valence-corrected chi connectivity index (χ0v) is 17.7. The average Bonchev–Trinajstić information content (AvgIpc) is 3.67. The Balaban J connectivity index is 1.32. The van der Waals surface area contributed by atoms with Crippen LogP contribution in [0.15, 0.2) is 78.9 Å². The number of esters is 1. The van der Waals surface area contributed by atoms with Crippen LogP contribution in [0.5, 0.6) is 0 Å². The smallest absolute Gasteiger partial charge is 0.338 e. The maximum absolute atomic E-state index is 12.5. The highest BCUT2D eigenvalue weighted by Gasteiger charge is 2.25. The minimum absolute atomic E-state index is 0.153. The van der Waals surface area contributed by atoms with Crippen molar-refractivity contribution in [1.82, 2.24) is 5.32 Å². The fourth-order valence-electron chi connectivity index (χ4n) is 3.20. The first-order valence-electron chi connectivity index (χ1n) is 10.6. The molecule has 0 spiro atoms. The van der Waals surface area contributed by atoms with Crippen molar-refractivity contribution in [2.75, 3.05) is 11.9 Å². The van der Waals surface area contributed by atoms with E-state index in [0.717, 1.165) is 12.8 Å². The molecule has 1 aliphatic rings. The van der Waals surface area contributed by atoms with Crippen molar-refractivity contribution < 1.29 is 23.9 Å². The normalized spacial score (nSPS) is 12.5. The molecule has 7 nitrogen and oxygen atoms in total. The molecule has 2 N–H and O–H groups in total. The van der Waals surface area contributed by atoms with Crippen LogP contribution in [0.1, 0.15) is 49.5 Å². The number of rotatable bonds is 8. The van der Waals surface area contributed by atoms with Crippen LogP contribution in [0.3, 0.4) is 0 Å². The predicted molar refractivity (Wildman–Crippen MR) is 122 cm³/mol. The minimum atomic E-state index is -0.691. The lowest BCUT2D eigenvalue weighted by Crippen LogP contribution is -2.28. The number of benzene rings is 3. The summed E-state index contributed by atoms with van der Waals surface area (Å²) in [6, 6.07) is 21.7. The van der Waals surface area contributed by atoms with Gasteiger partial charge in [0.2, 0.25) is 0 Å². The van der Waals surface area contributed by atoms with Gasteiger partial charge in [-0.25, -0.2) is 4.79 Å². The number of carbonyl (C=O) groups is 4. The van der Waals surface area contributed by atoms with E-state index < -0.39 is 18.5 Å². The molecule has 0 saturated heterocycles. The van der Waals surface area contributed by atoms with Gasteiger partial charge >= 0.3 is 5.97 Å². The summed E-state index contributed by atoms with van der Waals surface area (Å²) in [5, 5.41) is 5.49. The Morgan fingerprint density at radius 3 is 2.06 bits per heavy atom. The Morgan fingerprint density at radius 1 is 0.758 bits per heavy atom. The van der Waals surface area contributed by atoms with Crippen LogP contribution in [0.25, 0.3) is 0 Å². The summed E-state index contributed by atoms with van der Waals surface area (Å²) < 4.78 is 5.09. The fraction of sp³-hybridized carbons (Fsp3) is 0.154. The molecule has 3 aromatic rings. The number of carbonyl (C=O) groups excluding carboxylic acids is 4. The molecule has 2 amide bonds. The van der Waals surface area contributed by atoms with Crippen molar-refractivity contribution in [1.29, 1.82) is 0 Å². The largest absolute Gasteiger partial charge is 0.452 e. The summed E-state index contributed by atoms with van der Waals surface area (Å²) in [6.07, 6.45) is 1.91. The van der Waals surface area contributed by atoms with Gasteiger partial charge in [0.1, 0.15) is 0 Å². The first-order valence-corrected chi connectivity index (χ1v) is 10.6. The zero-order valence-electron chi connectivity index (χ0n) is 17.7. The molecule has 1 fully saturated rings. The number of hydrogen-bond acceptors (Lipinski definition) is 5. The topological polar surface area (TPSA) is 102 Å². The zero-order chi connectivity index (χ0) is 23.2. The number of para-hydroxylation sites is 1. The molecule has 166 valence electrons. The number of nitrogens with one attached hydrogen (secondary N) is 2. The molecular formula is C26H22N2O5. The van der Waals surface area contributed by atoms with Gasteiger partial charge in [0.05, 0.1) is 16.8 Å². The second-order valence-corrected chi connectivity index (χ2v) is 7.69. The van der Waals surface area contributed by atoms with Gasteiger partial charge in [0.15, 0.2) is 12.4 Å². The highest BCUT2D eigenvalue weighted by atomic mass is 16.5. The molecule has 0 bridgehead atoms. The van der Waals surface area contributed by atoms with Crippen LogP contribution in [0.4, 0.5) is 5.69 Å². The molecule has 3 aromatic carbocycles. The van der Waals surface area contributed by atoms with Crippen molar-refractivity contribution in [3.8, 4) is 0 Å². The average molecular weight is 442 g/mol. The van der Waals surface area contributed by atoms with Gasteiger partial charge in [-0.2, -0.15) is 0 Å². The number of hydrogen-bond donors (Lipinski definition) is 2. The van der Waals surface area contributed by atoms with Gasteiger partial charge in [-0.3, -0.25) is 14.4 Å². The van der Waals surface area contributed by atoms with Gasteiger partial charge in [-0.15, -0.1) is 0 Å². The Labute approximate surface area is 190 Å². The highest BCUT2D eigenvalue weighted by Crippen LogP contribution is 2.21. The van der Waals surface area contributed by atoms with E-state index in [9.17, 15) is 19.2 Å². The standard InChI is InChI=1S/C26H22N2O5/c29-23(28-22-9-5-4-8-21(22)25(31)27-20-14-15-20)16-33-26(32)19-12-10-18(11-13-19)24(30)17-6-2-1-3-7-17/h1-13,20H,14-16H2,(H,27,31)(H,28,29). The van der Waals surface area contributed by atoms with E-state index in [2.05, 4.69) is 10.6 Å². The summed E-state index contributed by atoms with van der Waals surface area (Å²) in [6.45, 7) is -0.512. The van der Waals surface area contributed by atoms with Crippen LogP contribution in [-0.4, -0.2) is 36.2 Å². The second-order valence-electron chi connectivity index (χ2n) is 7.69. The maximum atomic E-state index is 12.5. The molecule has 33 heavy (non-hydrogen) atoms. The SMILES string of the molecule is O=C(COC(=O)c1ccc(C(=O)c2ccccc2)cc1)Nc1ccccc1C(=O)NC1CC1. The monoisotopic (exact) mass is 442 g/mol. The molecule has 0 atom stereocenters. The van der Waals surface area contributed by atoms with Gasteiger partial charge < -0.3 is 15.4 Å². The van der Waals surface area contributed by atoms with Crippen LogP contribution in [-0.2, 0) is 9.53 Å². The molecule has 1 saturated carbocycles. The summed E-state index contributed by atoms with van der Waals surface area (Å²) in [5.74, 6) is -1.66. The molecule has 0 unspecified atom stereocenters. The van der Waals surface area contributed by atoms with E-state index in [-0.39, 0.29) is 23.3 Å². The van der Waals surface area contributed by atoms with E-state index in [1.807, 2.05) is 6.07 Å². The van der Waals surface area contributed by atoms with Gasteiger partial charge in [-0.1, -0.05) is 54.6 Å². The molecule has 0 aromatic heterocycles. The van der Waals surface area contributed by atoms with Gasteiger partial charge in [-0.05, 0) is 37.1 Å². The minimum Gasteiger partial charge on any atom is -0.452 e. The van der Waals surface area contributed by atoms with E-state index in [4.69, 9.17) is 4.74 Å². The van der Waals surface area contributed by atoms with Gasteiger partial charge in [0.25, 0.3) is 11.8 Å². The Hall–Kier alpha value is -4.26. The molecule has 0 aliphatic heterocycles. The number of ether oxygens (including phenoxy) is 1. The summed E-state index contributed by atoms with van der Waals surface area (Å²) in [7, 11) is 0. The highest BCUT2D eigenvalue weighted by molar-refractivity contribution is 6.09. The number of anilines is 1. The van der Waals surface area contributed by atoms with E-state index in [1.165, 1.54) is 12.1 Å². The second kappa shape index (κ2) is 9.91. The quantitative estimate of drug-likeness (QED) is 0.410. The third kappa shape index (κ3) is 5.71. The maximum Gasteiger partial charge on any atom is 0.338 e. The fourth-order valence-corrected chi connectivity index (χ4v) is 3.20. The van der Waals surface area contributed by atoms with Crippen LogP contribution < -0.4 is 10.6 Å². The Morgan fingerprint density at radius 2 is 1.36 bits per heavy atom. The van der Waals surface area contributed by atoms with Crippen LogP contribution >= 0.6 is 0 Å². The lowest BCUT2D eigenvalue weighted by Gasteiger charge is -2.11. The molecular weight excluding hydrogens is 420 g/mol. The third-order valence-electron chi connectivity index (χ3n) is 5.11. The summed E-state index contributed by atoms with van der Waals surface area (Å²) >= 11 is 0. The van der Waals surface area contributed by atoms with E-state index in [1.54, 1.807) is 60.7 Å². The summed E-state index contributed by atoms with van der Waals surface area (Å²) in [4.78, 5) is 49.4. The molecule has 7 heteroatoms. The lowest BCUT2D eigenvalue weighted by atomic mass is 10.0. The Bertz CT molecular complexity index is 1180. The molecule has 0 heterocycles. The van der Waals surface area contributed by atoms with E-state index in [0.29, 0.717) is 22.4 Å². The molecule has 1 aliphatic carbocycles. The van der Waals surface area contributed by atoms with Crippen molar-refractivity contribution in [3.63, 3.8) is 0 Å². The predicted octanol–water partition coefficient (Wildman–Crippen LogP) is 3.61. The first kappa shape index (κ1) is 22.0. The number of ketones is 1. The summed E-state index contributed by atoms with van der Waals surface area (Å²) in [5.41, 5.74) is 1.91. The lowest BCUT2D eigenvalue weighted by molar-refractivity contribution is -0.119. The van der Waals surface area contributed by atoms with Crippen molar-refractivity contribution in [3.05, 3.63) is 101 Å². The molecule has 4 rings (SSSR count). The van der Waals surface area contributed by atoms with E-state index >= 15 is 0 Å².